The largest absolute Gasteiger partial charge is 0.380 e. The molecule has 0 bridgehead atoms. The average Bonchev–Trinajstić information content (AvgIpc) is 3.09. The molecule has 0 fully saturated rings. The Bertz CT molecular complexity index is 847. The van der Waals surface area contributed by atoms with Gasteiger partial charge in [-0.2, -0.15) is 4.98 Å². The van der Waals surface area contributed by atoms with Gasteiger partial charge in [0.25, 0.3) is 0 Å². The van der Waals surface area contributed by atoms with Gasteiger partial charge in [0.1, 0.15) is 5.82 Å². The second kappa shape index (κ2) is 8.64. The number of nitrogens with two attached hydrogens (primary N) is 1. The van der Waals surface area contributed by atoms with E-state index in [0.717, 1.165) is 18.1 Å². The number of ether oxygens (including phenoxy) is 1. The standard InChI is InChI=1S/C19H26N6O/c1-3-25-11-9-15-16(6-5-7-17(15)25)23-18-8-10-21-19(24-18)22-12-14(20)13-26-4-2/h5-11,14H,3-4,12-13,20H2,1-2H3,(H2,21,22,23,24)/t14-/m1/s1. The van der Waals surface area contributed by atoms with E-state index in [1.807, 2.05) is 19.1 Å². The Morgan fingerprint density at radius 3 is 2.92 bits per heavy atom. The molecule has 0 saturated heterocycles. The molecule has 26 heavy (non-hydrogen) atoms. The topological polar surface area (TPSA) is 90.0 Å². The van der Waals surface area contributed by atoms with E-state index in [0.29, 0.717) is 25.7 Å². The first-order chi connectivity index (χ1) is 12.7. The molecule has 3 rings (SSSR count). The summed E-state index contributed by atoms with van der Waals surface area (Å²) in [5, 5.41) is 7.71. The van der Waals surface area contributed by atoms with Crippen molar-refractivity contribution in [2.24, 2.45) is 5.73 Å². The Hall–Kier alpha value is -2.64. The van der Waals surface area contributed by atoms with Crippen molar-refractivity contribution in [3.63, 3.8) is 0 Å². The molecule has 1 aromatic carbocycles. The van der Waals surface area contributed by atoms with Gasteiger partial charge in [-0.25, -0.2) is 4.98 Å². The van der Waals surface area contributed by atoms with Crippen molar-refractivity contribution in [1.29, 1.82) is 0 Å². The van der Waals surface area contributed by atoms with Gasteiger partial charge in [-0.3, -0.25) is 0 Å². The highest BCUT2D eigenvalue weighted by atomic mass is 16.5. The number of fused-ring (bicyclic) bond motifs is 1. The summed E-state index contributed by atoms with van der Waals surface area (Å²) in [6.07, 6.45) is 3.83. The van der Waals surface area contributed by atoms with Crippen LogP contribution in [0.15, 0.2) is 42.7 Å². The van der Waals surface area contributed by atoms with Crippen molar-refractivity contribution < 1.29 is 4.74 Å². The minimum atomic E-state index is -0.0993. The molecular weight excluding hydrogens is 328 g/mol. The fraction of sp³-hybridized carbons (Fsp3) is 0.368. The number of aryl methyl sites for hydroxylation is 1. The normalized spacial score (nSPS) is 12.3. The molecule has 0 aliphatic rings. The van der Waals surface area contributed by atoms with Crippen LogP contribution in [0.2, 0.25) is 0 Å². The predicted molar refractivity (Wildman–Crippen MR) is 106 cm³/mol. The number of nitrogens with one attached hydrogen (secondary N) is 2. The number of anilines is 3. The van der Waals surface area contributed by atoms with E-state index < -0.39 is 0 Å². The lowest BCUT2D eigenvalue weighted by atomic mass is 10.2. The Morgan fingerprint density at radius 2 is 2.12 bits per heavy atom. The molecule has 0 radical (unpaired) electrons. The molecule has 0 spiro atoms. The summed E-state index contributed by atoms with van der Waals surface area (Å²) < 4.78 is 7.53. The van der Waals surface area contributed by atoms with Crippen LogP contribution in [-0.2, 0) is 11.3 Å². The van der Waals surface area contributed by atoms with E-state index in [4.69, 9.17) is 10.5 Å². The van der Waals surface area contributed by atoms with E-state index in [-0.39, 0.29) is 6.04 Å². The number of benzene rings is 1. The van der Waals surface area contributed by atoms with Gasteiger partial charge in [-0.1, -0.05) is 6.07 Å². The average molecular weight is 354 g/mol. The first-order valence-corrected chi connectivity index (χ1v) is 8.96. The quantitative estimate of drug-likeness (QED) is 0.547. The zero-order valence-corrected chi connectivity index (χ0v) is 15.3. The highest BCUT2D eigenvalue weighted by Gasteiger charge is 2.07. The maximum atomic E-state index is 5.99. The smallest absolute Gasteiger partial charge is 0.224 e. The molecule has 0 aliphatic carbocycles. The van der Waals surface area contributed by atoms with Gasteiger partial charge < -0.3 is 25.7 Å². The van der Waals surface area contributed by atoms with Gasteiger partial charge in [0.2, 0.25) is 5.95 Å². The summed E-state index contributed by atoms with van der Waals surface area (Å²) in [5.74, 6) is 1.28. The third-order valence-corrected chi connectivity index (χ3v) is 4.13. The van der Waals surface area contributed by atoms with E-state index in [9.17, 15) is 0 Å². The molecule has 7 nitrogen and oxygen atoms in total. The van der Waals surface area contributed by atoms with Crippen LogP contribution < -0.4 is 16.4 Å². The van der Waals surface area contributed by atoms with E-state index >= 15 is 0 Å². The van der Waals surface area contributed by atoms with Crippen LogP contribution in [0.5, 0.6) is 0 Å². The minimum Gasteiger partial charge on any atom is -0.380 e. The molecule has 0 amide bonds. The van der Waals surface area contributed by atoms with Gasteiger partial charge in [-0.05, 0) is 38.1 Å². The van der Waals surface area contributed by atoms with Crippen LogP contribution in [0.3, 0.4) is 0 Å². The monoisotopic (exact) mass is 354 g/mol. The third-order valence-electron chi connectivity index (χ3n) is 4.13. The van der Waals surface area contributed by atoms with Crippen LogP contribution >= 0.6 is 0 Å². The first-order valence-electron chi connectivity index (χ1n) is 8.96. The Morgan fingerprint density at radius 1 is 1.23 bits per heavy atom. The van der Waals surface area contributed by atoms with Gasteiger partial charge >= 0.3 is 0 Å². The highest BCUT2D eigenvalue weighted by molar-refractivity contribution is 5.93. The maximum absolute atomic E-state index is 5.99. The van der Waals surface area contributed by atoms with Crippen LogP contribution in [0, 0.1) is 0 Å². The number of hydrogen-bond acceptors (Lipinski definition) is 6. The minimum absolute atomic E-state index is 0.0993. The number of nitrogens with zero attached hydrogens (tertiary/aromatic N) is 3. The van der Waals surface area contributed by atoms with E-state index in [1.165, 1.54) is 10.9 Å². The molecule has 2 aromatic heterocycles. The predicted octanol–water partition coefficient (Wildman–Crippen LogP) is 2.97. The van der Waals surface area contributed by atoms with E-state index in [2.05, 4.69) is 56.5 Å². The third kappa shape index (κ3) is 4.30. The Kier molecular flexibility index (Phi) is 6.04. The van der Waals surface area contributed by atoms with Crippen molar-refractivity contribution in [2.45, 2.75) is 26.4 Å². The molecule has 2 heterocycles. The zero-order chi connectivity index (χ0) is 18.4. The summed E-state index contributed by atoms with van der Waals surface area (Å²) in [6.45, 7) is 6.76. The molecule has 7 heteroatoms. The van der Waals surface area contributed by atoms with E-state index in [1.54, 1.807) is 6.20 Å². The lowest BCUT2D eigenvalue weighted by molar-refractivity contribution is 0.136. The molecule has 138 valence electrons. The fourth-order valence-corrected chi connectivity index (χ4v) is 2.81. The fourth-order valence-electron chi connectivity index (χ4n) is 2.81. The Balaban J connectivity index is 1.70. The summed E-state index contributed by atoms with van der Waals surface area (Å²) in [7, 11) is 0. The second-order valence-electron chi connectivity index (χ2n) is 6.03. The van der Waals surface area contributed by atoms with Crippen LogP contribution in [-0.4, -0.2) is 40.3 Å². The van der Waals surface area contributed by atoms with Crippen molar-refractivity contribution in [2.75, 3.05) is 30.4 Å². The van der Waals surface area contributed by atoms with Crippen molar-refractivity contribution >= 4 is 28.4 Å². The summed E-state index contributed by atoms with van der Waals surface area (Å²) in [4.78, 5) is 8.77. The number of aromatic nitrogens is 3. The van der Waals surface area contributed by atoms with Crippen molar-refractivity contribution in [3.8, 4) is 0 Å². The van der Waals surface area contributed by atoms with Crippen LogP contribution in [0.1, 0.15) is 13.8 Å². The molecule has 3 aromatic rings. The molecule has 1 atom stereocenters. The summed E-state index contributed by atoms with van der Waals surface area (Å²) in [5.41, 5.74) is 8.21. The van der Waals surface area contributed by atoms with Crippen LogP contribution in [0.25, 0.3) is 10.9 Å². The first kappa shape index (κ1) is 18.2. The van der Waals surface area contributed by atoms with Gasteiger partial charge in [-0.15, -0.1) is 0 Å². The lowest BCUT2D eigenvalue weighted by Crippen LogP contribution is -2.34. The molecule has 0 aliphatic heterocycles. The molecule has 0 unspecified atom stereocenters. The molecule has 4 N–H and O–H groups in total. The second-order valence-corrected chi connectivity index (χ2v) is 6.03. The van der Waals surface area contributed by atoms with Gasteiger partial charge in [0.15, 0.2) is 0 Å². The highest BCUT2D eigenvalue weighted by Crippen LogP contribution is 2.27. The lowest BCUT2D eigenvalue weighted by Gasteiger charge is -2.13. The maximum Gasteiger partial charge on any atom is 0.224 e. The SMILES string of the molecule is CCOC[C@H](N)CNc1nccc(Nc2cccc3c2ccn3CC)n1. The molecular formula is C19H26N6O. The van der Waals surface area contributed by atoms with Crippen molar-refractivity contribution in [3.05, 3.63) is 42.7 Å². The Labute approximate surface area is 153 Å². The van der Waals surface area contributed by atoms with Gasteiger partial charge in [0, 0.05) is 49.2 Å². The summed E-state index contributed by atoms with van der Waals surface area (Å²) >= 11 is 0. The zero-order valence-electron chi connectivity index (χ0n) is 15.3. The molecule has 0 saturated carbocycles. The summed E-state index contributed by atoms with van der Waals surface area (Å²) in [6, 6.07) is 10.1. The van der Waals surface area contributed by atoms with Crippen LogP contribution in [0.4, 0.5) is 17.5 Å². The van der Waals surface area contributed by atoms with Crippen molar-refractivity contribution in [1.82, 2.24) is 14.5 Å². The number of rotatable bonds is 9. The van der Waals surface area contributed by atoms with Gasteiger partial charge in [0.05, 0.1) is 12.1 Å². The number of hydrogen-bond donors (Lipinski definition) is 3.